The van der Waals surface area contributed by atoms with Crippen molar-refractivity contribution in [1.82, 2.24) is 9.97 Å². The predicted molar refractivity (Wildman–Crippen MR) is 72.5 cm³/mol. The predicted octanol–water partition coefficient (Wildman–Crippen LogP) is 1.69. The topological polar surface area (TPSA) is 81.3 Å². The van der Waals surface area contributed by atoms with E-state index in [4.69, 9.17) is 9.47 Å². The molecule has 0 aliphatic heterocycles. The van der Waals surface area contributed by atoms with Crippen LogP contribution in [-0.4, -0.2) is 38.9 Å². The van der Waals surface area contributed by atoms with Crippen LogP contribution in [0.15, 0.2) is 12.1 Å². The summed E-state index contributed by atoms with van der Waals surface area (Å²) in [5, 5.41) is -0.683. The average Bonchev–Trinajstić information content (AvgIpc) is 2.77. The van der Waals surface area contributed by atoms with Crippen LogP contribution in [0.1, 0.15) is 18.0 Å². The summed E-state index contributed by atoms with van der Waals surface area (Å²) in [6, 6.07) is 3.45. The lowest BCUT2D eigenvalue weighted by Crippen LogP contribution is -2.09. The van der Waals surface area contributed by atoms with Crippen molar-refractivity contribution in [2.75, 3.05) is 20.5 Å². The van der Waals surface area contributed by atoms with Crippen LogP contribution in [-0.2, 0) is 9.84 Å². The molecule has 1 aromatic heterocycles. The van der Waals surface area contributed by atoms with Crippen molar-refractivity contribution in [3.8, 4) is 11.5 Å². The average molecular weight is 284 g/mol. The molecule has 1 unspecified atom stereocenters. The number of methoxy groups -OCH3 is 2. The maximum atomic E-state index is 11.5. The fourth-order valence-corrected chi connectivity index (χ4v) is 2.27. The van der Waals surface area contributed by atoms with Crippen LogP contribution in [0.4, 0.5) is 0 Å². The highest BCUT2D eigenvalue weighted by Gasteiger charge is 2.21. The van der Waals surface area contributed by atoms with Crippen LogP contribution in [0.5, 0.6) is 11.5 Å². The summed E-state index contributed by atoms with van der Waals surface area (Å²) >= 11 is 0. The minimum Gasteiger partial charge on any atom is -0.493 e. The van der Waals surface area contributed by atoms with Crippen LogP contribution in [0.2, 0.25) is 0 Å². The van der Waals surface area contributed by atoms with Crippen molar-refractivity contribution < 1.29 is 17.9 Å². The van der Waals surface area contributed by atoms with Crippen LogP contribution in [0, 0.1) is 0 Å². The minimum absolute atomic E-state index is 0.410. The Bertz CT molecular complexity index is 665. The fourth-order valence-electron chi connectivity index (χ4n) is 1.75. The van der Waals surface area contributed by atoms with Gasteiger partial charge in [0.05, 0.1) is 25.3 Å². The molecule has 0 saturated heterocycles. The summed E-state index contributed by atoms with van der Waals surface area (Å²) < 4.78 is 33.5. The largest absolute Gasteiger partial charge is 0.493 e. The van der Waals surface area contributed by atoms with Gasteiger partial charge >= 0.3 is 0 Å². The van der Waals surface area contributed by atoms with Gasteiger partial charge in [-0.2, -0.15) is 0 Å². The van der Waals surface area contributed by atoms with E-state index in [0.717, 1.165) is 0 Å². The first-order chi connectivity index (χ1) is 8.86. The van der Waals surface area contributed by atoms with Crippen LogP contribution in [0.25, 0.3) is 11.0 Å². The zero-order valence-corrected chi connectivity index (χ0v) is 12.0. The Kier molecular flexibility index (Phi) is 3.40. The van der Waals surface area contributed by atoms with Gasteiger partial charge in [0.15, 0.2) is 21.3 Å². The van der Waals surface area contributed by atoms with Crippen molar-refractivity contribution in [2.24, 2.45) is 0 Å². The van der Waals surface area contributed by atoms with E-state index in [0.29, 0.717) is 28.4 Å². The summed E-state index contributed by atoms with van der Waals surface area (Å²) in [6.07, 6.45) is 1.19. The Morgan fingerprint density at radius 2 is 1.79 bits per heavy atom. The number of hydrogen-bond donors (Lipinski definition) is 1. The van der Waals surface area contributed by atoms with E-state index in [-0.39, 0.29) is 0 Å². The second-order valence-electron chi connectivity index (χ2n) is 4.32. The fraction of sp³-hybridized carbons (Fsp3) is 0.417. The number of nitrogens with one attached hydrogen (secondary N) is 1. The highest BCUT2D eigenvalue weighted by molar-refractivity contribution is 7.90. The number of fused-ring (bicyclic) bond motifs is 1. The Morgan fingerprint density at radius 3 is 2.32 bits per heavy atom. The van der Waals surface area contributed by atoms with Gasteiger partial charge in [-0.15, -0.1) is 0 Å². The molecule has 0 amide bonds. The molecule has 1 aromatic carbocycles. The van der Waals surface area contributed by atoms with Gasteiger partial charge in [0.2, 0.25) is 0 Å². The van der Waals surface area contributed by atoms with Crippen molar-refractivity contribution in [2.45, 2.75) is 12.2 Å². The maximum absolute atomic E-state index is 11.5. The monoisotopic (exact) mass is 284 g/mol. The third-order valence-electron chi connectivity index (χ3n) is 3.03. The first-order valence-corrected chi connectivity index (χ1v) is 7.62. The van der Waals surface area contributed by atoms with E-state index >= 15 is 0 Å². The number of aromatic nitrogens is 2. The molecule has 1 heterocycles. The van der Waals surface area contributed by atoms with E-state index in [2.05, 4.69) is 9.97 Å². The van der Waals surface area contributed by atoms with Gasteiger partial charge in [0.1, 0.15) is 11.1 Å². The molecule has 2 aromatic rings. The summed E-state index contributed by atoms with van der Waals surface area (Å²) in [7, 11) is -0.111. The van der Waals surface area contributed by atoms with Gasteiger partial charge in [-0.25, -0.2) is 13.4 Å². The molecular formula is C12H16N2O4S. The normalized spacial score (nSPS) is 13.5. The van der Waals surface area contributed by atoms with Crippen molar-refractivity contribution in [3.05, 3.63) is 18.0 Å². The molecule has 0 spiro atoms. The molecule has 0 bridgehead atoms. The van der Waals surface area contributed by atoms with Crippen LogP contribution in [0.3, 0.4) is 0 Å². The Balaban J connectivity index is 2.58. The van der Waals surface area contributed by atoms with Crippen LogP contribution < -0.4 is 9.47 Å². The first kappa shape index (κ1) is 13.7. The van der Waals surface area contributed by atoms with Crippen molar-refractivity contribution in [3.63, 3.8) is 0 Å². The Labute approximate surface area is 111 Å². The third kappa shape index (κ3) is 2.51. The molecule has 104 valence electrons. The molecule has 1 atom stereocenters. The smallest absolute Gasteiger partial charge is 0.163 e. The van der Waals surface area contributed by atoms with Gasteiger partial charge < -0.3 is 14.5 Å². The molecule has 1 N–H and O–H groups in total. The number of imidazole rings is 1. The number of sulfone groups is 1. The molecule has 0 aliphatic rings. The van der Waals surface area contributed by atoms with Gasteiger partial charge in [-0.3, -0.25) is 0 Å². The number of nitrogens with zero attached hydrogens (tertiary/aromatic N) is 1. The molecule has 19 heavy (non-hydrogen) atoms. The third-order valence-corrected chi connectivity index (χ3v) is 4.54. The highest BCUT2D eigenvalue weighted by atomic mass is 32.2. The second-order valence-corrected chi connectivity index (χ2v) is 6.68. The summed E-state index contributed by atoms with van der Waals surface area (Å²) in [5.74, 6) is 1.53. The molecule has 0 aliphatic carbocycles. The lowest BCUT2D eigenvalue weighted by molar-refractivity contribution is 0.356. The molecule has 0 radical (unpaired) electrons. The second kappa shape index (κ2) is 4.73. The lowest BCUT2D eigenvalue weighted by atomic mass is 10.3. The van der Waals surface area contributed by atoms with Crippen molar-refractivity contribution in [1.29, 1.82) is 0 Å². The van der Waals surface area contributed by atoms with E-state index in [1.165, 1.54) is 13.4 Å². The quantitative estimate of drug-likeness (QED) is 0.924. The number of H-pyrrole nitrogens is 1. The standard InChI is InChI=1S/C12H16N2O4S/c1-7(19(4,15)16)12-13-8-5-10(17-2)11(18-3)6-9(8)14-12/h5-7H,1-4H3,(H,13,14). The molecular weight excluding hydrogens is 268 g/mol. The minimum atomic E-state index is -3.19. The summed E-state index contributed by atoms with van der Waals surface area (Å²) in [6.45, 7) is 1.60. The van der Waals surface area contributed by atoms with E-state index in [1.807, 2.05) is 0 Å². The maximum Gasteiger partial charge on any atom is 0.163 e. The molecule has 7 heteroatoms. The van der Waals surface area contributed by atoms with Crippen molar-refractivity contribution >= 4 is 20.9 Å². The van der Waals surface area contributed by atoms with E-state index < -0.39 is 15.1 Å². The highest BCUT2D eigenvalue weighted by Crippen LogP contribution is 2.32. The number of rotatable bonds is 4. The SMILES string of the molecule is COc1cc2nc(C(C)S(C)(=O)=O)[nH]c2cc1OC. The van der Waals surface area contributed by atoms with E-state index in [1.54, 1.807) is 26.2 Å². The number of aromatic amines is 1. The number of hydrogen-bond acceptors (Lipinski definition) is 5. The Morgan fingerprint density at radius 1 is 1.21 bits per heavy atom. The zero-order valence-electron chi connectivity index (χ0n) is 11.2. The molecule has 2 rings (SSSR count). The molecule has 0 fully saturated rings. The Hall–Kier alpha value is -1.76. The van der Waals surface area contributed by atoms with Crippen LogP contribution >= 0.6 is 0 Å². The summed E-state index contributed by atoms with van der Waals surface area (Å²) in [5.41, 5.74) is 1.35. The zero-order chi connectivity index (χ0) is 14.2. The van der Waals surface area contributed by atoms with Gasteiger partial charge in [-0.05, 0) is 6.92 Å². The van der Waals surface area contributed by atoms with Gasteiger partial charge in [0.25, 0.3) is 0 Å². The first-order valence-electron chi connectivity index (χ1n) is 5.67. The number of ether oxygens (including phenoxy) is 2. The molecule has 6 nitrogen and oxygen atoms in total. The van der Waals surface area contributed by atoms with E-state index in [9.17, 15) is 8.42 Å². The summed E-state index contributed by atoms with van der Waals surface area (Å²) in [4.78, 5) is 7.29. The van der Waals surface area contributed by atoms with Gasteiger partial charge in [-0.1, -0.05) is 0 Å². The molecule has 0 saturated carbocycles. The lowest BCUT2D eigenvalue weighted by Gasteiger charge is -2.06. The van der Waals surface area contributed by atoms with Gasteiger partial charge in [0, 0.05) is 18.4 Å². The number of benzene rings is 1.